The van der Waals surface area contributed by atoms with Crippen molar-refractivity contribution in [3.8, 4) is 0 Å². The minimum absolute atomic E-state index is 0.372. The number of rotatable bonds is 5. The highest BCUT2D eigenvalue weighted by Gasteiger charge is 2.21. The quantitative estimate of drug-likeness (QED) is 0.896. The van der Waals surface area contributed by atoms with E-state index in [1.807, 2.05) is 12.1 Å². The van der Waals surface area contributed by atoms with Gasteiger partial charge in [0.05, 0.1) is 5.56 Å². The highest BCUT2D eigenvalue weighted by molar-refractivity contribution is 5.87. The Morgan fingerprint density at radius 2 is 2.10 bits per heavy atom. The van der Waals surface area contributed by atoms with Gasteiger partial charge in [-0.2, -0.15) is 0 Å². The fourth-order valence-corrected chi connectivity index (χ4v) is 2.90. The lowest BCUT2D eigenvalue weighted by Gasteiger charge is -2.36. The van der Waals surface area contributed by atoms with Crippen molar-refractivity contribution in [3.05, 3.63) is 35.4 Å². The molecule has 0 saturated carbocycles. The number of carbonyl (C=O) groups is 1. The zero-order valence-electron chi connectivity index (χ0n) is 12.4. The van der Waals surface area contributed by atoms with Crippen molar-refractivity contribution >= 4 is 5.97 Å². The standard InChI is InChI=1S/C16H24N2O2/c1-3-18-9-7-15(8-10-18)17(2)12-13-5-4-6-14(11-13)16(19)20/h4-6,11,15H,3,7-10,12H2,1-2H3,(H,19,20). The molecule has 0 radical (unpaired) electrons. The van der Waals surface area contributed by atoms with Gasteiger partial charge in [0.15, 0.2) is 0 Å². The summed E-state index contributed by atoms with van der Waals surface area (Å²) in [5.41, 5.74) is 1.45. The Labute approximate surface area is 121 Å². The largest absolute Gasteiger partial charge is 0.478 e. The van der Waals surface area contributed by atoms with E-state index in [2.05, 4.69) is 23.8 Å². The Bertz CT molecular complexity index is 454. The molecule has 4 heteroatoms. The molecule has 1 aliphatic rings. The Hall–Kier alpha value is -1.39. The normalized spacial score (nSPS) is 17.6. The smallest absolute Gasteiger partial charge is 0.335 e. The molecule has 1 aromatic carbocycles. The van der Waals surface area contributed by atoms with Crippen molar-refractivity contribution in [3.63, 3.8) is 0 Å². The summed E-state index contributed by atoms with van der Waals surface area (Å²) in [6.45, 7) is 6.50. The van der Waals surface area contributed by atoms with Crippen LogP contribution >= 0.6 is 0 Å². The Balaban J connectivity index is 1.93. The second kappa shape index (κ2) is 6.86. The summed E-state index contributed by atoms with van der Waals surface area (Å²) in [6, 6.07) is 7.86. The number of aromatic carboxylic acids is 1. The number of hydrogen-bond acceptors (Lipinski definition) is 3. The fourth-order valence-electron chi connectivity index (χ4n) is 2.90. The number of piperidine rings is 1. The third-order valence-corrected chi connectivity index (χ3v) is 4.23. The van der Waals surface area contributed by atoms with Crippen molar-refractivity contribution < 1.29 is 9.90 Å². The minimum atomic E-state index is -0.856. The van der Waals surface area contributed by atoms with E-state index in [4.69, 9.17) is 5.11 Å². The summed E-state index contributed by atoms with van der Waals surface area (Å²) in [5, 5.41) is 9.03. The molecule has 110 valence electrons. The van der Waals surface area contributed by atoms with Crippen LogP contribution in [0.4, 0.5) is 0 Å². The number of hydrogen-bond donors (Lipinski definition) is 1. The van der Waals surface area contributed by atoms with Gasteiger partial charge in [-0.05, 0) is 57.2 Å². The minimum Gasteiger partial charge on any atom is -0.478 e. The Kier molecular flexibility index (Phi) is 5.15. The maximum atomic E-state index is 11.0. The lowest BCUT2D eigenvalue weighted by molar-refractivity contribution is 0.0696. The molecular formula is C16H24N2O2. The van der Waals surface area contributed by atoms with Crippen LogP contribution in [-0.2, 0) is 6.54 Å². The van der Waals surface area contributed by atoms with Crippen LogP contribution in [0, 0.1) is 0 Å². The number of carboxylic acid groups (broad SMARTS) is 1. The monoisotopic (exact) mass is 276 g/mol. The Morgan fingerprint density at radius 3 is 2.70 bits per heavy atom. The van der Waals surface area contributed by atoms with Gasteiger partial charge in [0.1, 0.15) is 0 Å². The van der Waals surface area contributed by atoms with Gasteiger partial charge in [0.2, 0.25) is 0 Å². The number of nitrogens with zero attached hydrogens (tertiary/aromatic N) is 2. The van der Waals surface area contributed by atoms with Gasteiger partial charge < -0.3 is 10.0 Å². The molecular weight excluding hydrogens is 252 g/mol. The molecule has 2 rings (SSSR count). The zero-order valence-corrected chi connectivity index (χ0v) is 12.4. The summed E-state index contributed by atoms with van der Waals surface area (Å²) in [5.74, 6) is -0.856. The first kappa shape index (κ1) is 15.0. The van der Waals surface area contributed by atoms with Crippen molar-refractivity contribution in [2.45, 2.75) is 32.4 Å². The third-order valence-electron chi connectivity index (χ3n) is 4.23. The molecule has 0 aromatic heterocycles. The molecule has 0 spiro atoms. The summed E-state index contributed by atoms with van der Waals surface area (Å²) >= 11 is 0. The predicted octanol–water partition coefficient (Wildman–Crippen LogP) is 2.30. The topological polar surface area (TPSA) is 43.8 Å². The van der Waals surface area contributed by atoms with Crippen molar-refractivity contribution in [1.82, 2.24) is 9.80 Å². The Morgan fingerprint density at radius 1 is 1.40 bits per heavy atom. The molecule has 0 unspecified atom stereocenters. The van der Waals surface area contributed by atoms with Crippen LogP contribution in [0.1, 0.15) is 35.7 Å². The third kappa shape index (κ3) is 3.81. The summed E-state index contributed by atoms with van der Waals surface area (Å²) in [6.07, 6.45) is 2.39. The molecule has 1 heterocycles. The second-order valence-electron chi connectivity index (χ2n) is 5.59. The molecule has 0 amide bonds. The molecule has 20 heavy (non-hydrogen) atoms. The SMILES string of the molecule is CCN1CCC(N(C)Cc2cccc(C(=O)O)c2)CC1. The molecule has 0 aliphatic carbocycles. The van der Waals surface area contributed by atoms with E-state index in [0.29, 0.717) is 11.6 Å². The lowest BCUT2D eigenvalue weighted by Crippen LogP contribution is -2.42. The van der Waals surface area contributed by atoms with Crippen molar-refractivity contribution in [1.29, 1.82) is 0 Å². The van der Waals surface area contributed by atoms with Gasteiger partial charge >= 0.3 is 5.97 Å². The van der Waals surface area contributed by atoms with E-state index in [9.17, 15) is 4.79 Å². The van der Waals surface area contributed by atoms with E-state index in [1.165, 1.54) is 25.9 Å². The van der Waals surface area contributed by atoms with Crippen molar-refractivity contribution in [2.24, 2.45) is 0 Å². The van der Waals surface area contributed by atoms with Gasteiger partial charge in [-0.15, -0.1) is 0 Å². The van der Waals surface area contributed by atoms with E-state index >= 15 is 0 Å². The van der Waals surface area contributed by atoms with Crippen LogP contribution in [0.3, 0.4) is 0 Å². The summed E-state index contributed by atoms with van der Waals surface area (Å²) in [4.78, 5) is 15.8. The van der Waals surface area contributed by atoms with Crippen LogP contribution < -0.4 is 0 Å². The van der Waals surface area contributed by atoms with Crippen LogP contribution in [0.2, 0.25) is 0 Å². The molecule has 1 saturated heterocycles. The molecule has 1 N–H and O–H groups in total. The predicted molar refractivity (Wildman–Crippen MR) is 80.0 cm³/mol. The van der Waals surface area contributed by atoms with Gasteiger partial charge in [-0.1, -0.05) is 19.1 Å². The first-order valence-electron chi connectivity index (χ1n) is 7.35. The van der Waals surface area contributed by atoms with E-state index < -0.39 is 5.97 Å². The molecule has 0 atom stereocenters. The van der Waals surface area contributed by atoms with Gasteiger partial charge in [0, 0.05) is 12.6 Å². The van der Waals surface area contributed by atoms with E-state index in [0.717, 1.165) is 18.7 Å². The number of carboxylic acids is 1. The number of benzene rings is 1. The summed E-state index contributed by atoms with van der Waals surface area (Å²) < 4.78 is 0. The van der Waals surface area contributed by atoms with E-state index in [1.54, 1.807) is 12.1 Å². The first-order valence-corrected chi connectivity index (χ1v) is 7.35. The first-order chi connectivity index (χ1) is 9.60. The average molecular weight is 276 g/mol. The molecule has 1 aromatic rings. The summed E-state index contributed by atoms with van der Waals surface area (Å²) in [7, 11) is 2.14. The van der Waals surface area contributed by atoms with E-state index in [-0.39, 0.29) is 0 Å². The second-order valence-corrected chi connectivity index (χ2v) is 5.59. The molecule has 1 aliphatic heterocycles. The van der Waals surface area contributed by atoms with Crippen molar-refractivity contribution in [2.75, 3.05) is 26.7 Å². The van der Waals surface area contributed by atoms with Crippen LogP contribution in [-0.4, -0.2) is 53.6 Å². The van der Waals surface area contributed by atoms with Gasteiger partial charge in [-0.3, -0.25) is 4.90 Å². The maximum Gasteiger partial charge on any atom is 0.335 e. The fraction of sp³-hybridized carbons (Fsp3) is 0.562. The average Bonchev–Trinajstić information content (AvgIpc) is 2.47. The maximum absolute atomic E-state index is 11.0. The molecule has 4 nitrogen and oxygen atoms in total. The molecule has 0 bridgehead atoms. The zero-order chi connectivity index (χ0) is 14.5. The van der Waals surface area contributed by atoms with Crippen LogP contribution in [0.5, 0.6) is 0 Å². The van der Waals surface area contributed by atoms with Gasteiger partial charge in [-0.25, -0.2) is 4.79 Å². The van der Waals surface area contributed by atoms with Crippen LogP contribution in [0.15, 0.2) is 24.3 Å². The number of likely N-dealkylation sites (tertiary alicyclic amines) is 1. The lowest BCUT2D eigenvalue weighted by atomic mass is 10.0. The highest BCUT2D eigenvalue weighted by Crippen LogP contribution is 2.17. The molecule has 1 fully saturated rings. The highest BCUT2D eigenvalue weighted by atomic mass is 16.4. The van der Waals surface area contributed by atoms with Crippen LogP contribution in [0.25, 0.3) is 0 Å². The van der Waals surface area contributed by atoms with Gasteiger partial charge in [0.25, 0.3) is 0 Å².